The van der Waals surface area contributed by atoms with Crippen molar-refractivity contribution in [2.75, 3.05) is 13.1 Å². The van der Waals surface area contributed by atoms with Crippen molar-refractivity contribution in [1.29, 1.82) is 0 Å². The molecule has 0 aliphatic carbocycles. The summed E-state index contributed by atoms with van der Waals surface area (Å²) in [5.41, 5.74) is 1.66. The van der Waals surface area contributed by atoms with Gasteiger partial charge in [-0.2, -0.15) is 5.10 Å². The Hall–Kier alpha value is -2.24. The predicted octanol–water partition coefficient (Wildman–Crippen LogP) is 2.56. The minimum atomic E-state index is -0.556. The Morgan fingerprint density at radius 1 is 1.30 bits per heavy atom. The summed E-state index contributed by atoms with van der Waals surface area (Å²) in [4.78, 5) is 14.1. The number of aryl methyl sites for hydroxylation is 1. The molecule has 1 aliphatic heterocycles. The molecule has 1 fully saturated rings. The van der Waals surface area contributed by atoms with Gasteiger partial charge < -0.3 is 4.90 Å². The number of likely N-dealkylation sites (tertiary alicyclic amines) is 1. The van der Waals surface area contributed by atoms with Gasteiger partial charge in [-0.15, -0.1) is 0 Å². The van der Waals surface area contributed by atoms with Crippen LogP contribution in [0.5, 0.6) is 0 Å². The van der Waals surface area contributed by atoms with Crippen molar-refractivity contribution in [3.05, 3.63) is 53.4 Å². The zero-order valence-corrected chi connectivity index (χ0v) is 13.0. The molecule has 1 unspecified atom stereocenters. The lowest BCUT2D eigenvalue weighted by Gasteiger charge is -2.16. The van der Waals surface area contributed by atoms with Crippen molar-refractivity contribution in [2.24, 2.45) is 5.92 Å². The van der Waals surface area contributed by atoms with Gasteiger partial charge in [0.15, 0.2) is 0 Å². The molecule has 1 aliphatic rings. The minimum absolute atomic E-state index is 0.0287. The monoisotopic (exact) mass is 319 g/mol. The van der Waals surface area contributed by atoms with Gasteiger partial charge >= 0.3 is 0 Å². The van der Waals surface area contributed by atoms with Gasteiger partial charge in [0.05, 0.1) is 6.20 Å². The van der Waals surface area contributed by atoms with E-state index in [-0.39, 0.29) is 18.4 Å². The molecule has 0 spiro atoms. The minimum Gasteiger partial charge on any atom is -0.341 e. The summed E-state index contributed by atoms with van der Waals surface area (Å²) in [6.07, 6.45) is 4.99. The van der Waals surface area contributed by atoms with Crippen LogP contribution in [0.25, 0.3) is 0 Å². The number of benzene rings is 1. The van der Waals surface area contributed by atoms with Crippen LogP contribution in [0.3, 0.4) is 0 Å². The Labute approximate surface area is 133 Å². The third kappa shape index (κ3) is 3.94. The zero-order chi connectivity index (χ0) is 16.4. The van der Waals surface area contributed by atoms with Crippen LogP contribution >= 0.6 is 0 Å². The molecule has 2 aromatic rings. The van der Waals surface area contributed by atoms with Gasteiger partial charge in [-0.05, 0) is 48.9 Å². The molecule has 2 heterocycles. The molecule has 1 amide bonds. The maximum absolute atomic E-state index is 13.2. The number of carbonyl (C=O) groups excluding carboxylic acids is 1. The Bertz CT molecular complexity index is 693. The summed E-state index contributed by atoms with van der Waals surface area (Å²) in [6, 6.07) is 3.60. The van der Waals surface area contributed by atoms with E-state index in [1.54, 1.807) is 15.8 Å². The highest BCUT2D eigenvalue weighted by molar-refractivity contribution is 5.76. The van der Waals surface area contributed by atoms with Crippen molar-refractivity contribution in [1.82, 2.24) is 14.7 Å². The highest BCUT2D eigenvalue weighted by atomic mass is 19.1. The van der Waals surface area contributed by atoms with E-state index in [1.807, 2.05) is 13.1 Å². The summed E-state index contributed by atoms with van der Waals surface area (Å²) in [6.45, 7) is 3.46. The maximum atomic E-state index is 13.2. The average molecular weight is 319 g/mol. The van der Waals surface area contributed by atoms with Gasteiger partial charge in [0.1, 0.15) is 18.2 Å². The molecule has 1 saturated heterocycles. The number of hydrogen-bond donors (Lipinski definition) is 0. The van der Waals surface area contributed by atoms with E-state index in [9.17, 15) is 13.6 Å². The fourth-order valence-corrected chi connectivity index (χ4v) is 3.08. The molecule has 23 heavy (non-hydrogen) atoms. The maximum Gasteiger partial charge on any atom is 0.244 e. The molecule has 3 rings (SSSR count). The SMILES string of the molecule is Cc1cnn(CC(=O)N2CCC(Cc3cc(F)cc(F)c3)C2)c1. The van der Waals surface area contributed by atoms with Crippen LogP contribution in [-0.2, 0) is 17.8 Å². The lowest BCUT2D eigenvalue weighted by atomic mass is 9.98. The topological polar surface area (TPSA) is 38.1 Å². The molecule has 0 N–H and O–H groups in total. The number of halogens is 2. The first-order chi connectivity index (χ1) is 11.0. The van der Waals surface area contributed by atoms with Gasteiger partial charge in [-0.3, -0.25) is 9.48 Å². The van der Waals surface area contributed by atoms with Crippen LogP contribution in [-0.4, -0.2) is 33.7 Å². The van der Waals surface area contributed by atoms with Crippen LogP contribution in [0.1, 0.15) is 17.5 Å². The molecule has 0 bridgehead atoms. The third-order valence-corrected chi connectivity index (χ3v) is 4.14. The molecular weight excluding hydrogens is 300 g/mol. The number of aromatic nitrogens is 2. The number of amides is 1. The largest absolute Gasteiger partial charge is 0.341 e. The number of carbonyl (C=O) groups is 1. The fourth-order valence-electron chi connectivity index (χ4n) is 3.08. The van der Waals surface area contributed by atoms with Gasteiger partial charge in [-0.1, -0.05) is 0 Å². The van der Waals surface area contributed by atoms with Crippen molar-refractivity contribution in [3.63, 3.8) is 0 Å². The fraction of sp³-hybridized carbons (Fsp3) is 0.412. The normalized spacial score (nSPS) is 17.7. The van der Waals surface area contributed by atoms with Crippen molar-refractivity contribution >= 4 is 5.91 Å². The summed E-state index contributed by atoms with van der Waals surface area (Å²) >= 11 is 0. The molecule has 0 saturated carbocycles. The standard InChI is InChI=1S/C17H19F2N3O/c1-12-8-20-22(9-12)11-17(23)21-3-2-13(10-21)4-14-5-15(18)7-16(19)6-14/h5-9,13H,2-4,10-11H2,1H3. The summed E-state index contributed by atoms with van der Waals surface area (Å²) in [5, 5.41) is 4.12. The Balaban J connectivity index is 1.56. The van der Waals surface area contributed by atoms with Gasteiger partial charge in [0, 0.05) is 25.4 Å². The van der Waals surface area contributed by atoms with Crippen molar-refractivity contribution in [3.8, 4) is 0 Å². The second-order valence-electron chi connectivity index (χ2n) is 6.19. The van der Waals surface area contributed by atoms with Gasteiger partial charge in [0.2, 0.25) is 5.91 Å². The zero-order valence-electron chi connectivity index (χ0n) is 13.0. The number of nitrogens with zero attached hydrogens (tertiary/aromatic N) is 3. The number of rotatable bonds is 4. The number of hydrogen-bond acceptors (Lipinski definition) is 2. The van der Waals surface area contributed by atoms with Crippen LogP contribution in [0.4, 0.5) is 8.78 Å². The van der Waals surface area contributed by atoms with Crippen LogP contribution < -0.4 is 0 Å². The van der Waals surface area contributed by atoms with Crippen LogP contribution in [0.2, 0.25) is 0 Å². The van der Waals surface area contributed by atoms with E-state index in [4.69, 9.17) is 0 Å². The van der Waals surface area contributed by atoms with E-state index in [0.717, 1.165) is 18.1 Å². The van der Waals surface area contributed by atoms with E-state index < -0.39 is 11.6 Å². The van der Waals surface area contributed by atoms with Crippen molar-refractivity contribution in [2.45, 2.75) is 26.3 Å². The second-order valence-corrected chi connectivity index (χ2v) is 6.19. The predicted molar refractivity (Wildman–Crippen MR) is 81.7 cm³/mol. The van der Waals surface area contributed by atoms with E-state index in [1.165, 1.54) is 12.1 Å². The van der Waals surface area contributed by atoms with Crippen LogP contribution in [0.15, 0.2) is 30.6 Å². The highest BCUT2D eigenvalue weighted by Gasteiger charge is 2.26. The third-order valence-electron chi connectivity index (χ3n) is 4.14. The Morgan fingerprint density at radius 3 is 2.70 bits per heavy atom. The first-order valence-corrected chi connectivity index (χ1v) is 7.71. The van der Waals surface area contributed by atoms with E-state index in [2.05, 4.69) is 5.10 Å². The lowest BCUT2D eigenvalue weighted by molar-refractivity contribution is -0.131. The van der Waals surface area contributed by atoms with Gasteiger partial charge in [-0.25, -0.2) is 8.78 Å². The first kappa shape index (κ1) is 15.6. The Kier molecular flexibility index (Phi) is 4.41. The summed E-state index contributed by atoms with van der Waals surface area (Å²) in [7, 11) is 0. The van der Waals surface area contributed by atoms with Crippen LogP contribution in [0, 0.1) is 24.5 Å². The molecule has 0 radical (unpaired) electrons. The highest BCUT2D eigenvalue weighted by Crippen LogP contribution is 2.22. The molecule has 6 heteroatoms. The van der Waals surface area contributed by atoms with E-state index in [0.29, 0.717) is 25.1 Å². The van der Waals surface area contributed by atoms with Crippen molar-refractivity contribution < 1.29 is 13.6 Å². The first-order valence-electron chi connectivity index (χ1n) is 7.71. The second kappa shape index (κ2) is 6.48. The molecule has 1 aromatic heterocycles. The lowest BCUT2D eigenvalue weighted by Crippen LogP contribution is -2.32. The quantitative estimate of drug-likeness (QED) is 0.869. The van der Waals surface area contributed by atoms with Gasteiger partial charge in [0.25, 0.3) is 0 Å². The smallest absolute Gasteiger partial charge is 0.244 e. The Morgan fingerprint density at radius 2 is 2.04 bits per heavy atom. The molecule has 122 valence electrons. The average Bonchev–Trinajstić information content (AvgIpc) is 3.07. The molecule has 1 aromatic carbocycles. The molecule has 1 atom stereocenters. The molecular formula is C17H19F2N3O. The summed E-state index contributed by atoms with van der Waals surface area (Å²) < 4.78 is 28.1. The van der Waals surface area contributed by atoms with E-state index >= 15 is 0 Å². The summed E-state index contributed by atoms with van der Waals surface area (Å²) in [5.74, 6) is -0.847. The molecule has 4 nitrogen and oxygen atoms in total.